The molecule has 0 aliphatic carbocycles. The number of rotatable bonds is 8. The molecule has 0 radical (unpaired) electrons. The highest BCUT2D eigenvalue weighted by molar-refractivity contribution is 5.05. The van der Waals surface area contributed by atoms with Crippen molar-refractivity contribution in [1.82, 2.24) is 4.90 Å². The Balaban J connectivity index is 2.77. The predicted octanol–water partition coefficient (Wildman–Crippen LogP) is 3.95. The Kier molecular flexibility index (Phi) is 7.60. The molecule has 1 rings (SSSR count). The van der Waals surface area contributed by atoms with Crippen LogP contribution in [0.5, 0.6) is 0 Å². The molecule has 1 saturated heterocycles. The van der Waals surface area contributed by atoms with Gasteiger partial charge in [-0.15, -0.1) is 0 Å². The molecule has 14 heteroatoms. The van der Waals surface area contributed by atoms with Crippen molar-refractivity contribution in [1.29, 1.82) is 0 Å². The standard InChI is InChI=1S/C14H18F11NO2/c15-10(16,7-9(27)8-26-3-5-28-6-4-26)1-2-11(17,18)12(19,13(20,21)22)14(23,24)25/h9,27H,1-8H2. The minimum atomic E-state index is -7.07. The molecule has 1 heterocycles. The van der Waals surface area contributed by atoms with Gasteiger partial charge in [-0.2, -0.15) is 26.3 Å². The van der Waals surface area contributed by atoms with Gasteiger partial charge in [0.15, 0.2) is 0 Å². The first-order valence-corrected chi connectivity index (χ1v) is 7.99. The SMILES string of the molecule is OC(CN1CCOCC1)CC(F)(F)CCC(F)(F)C(F)(C(F)(F)F)C(F)(F)F. The molecule has 0 aromatic rings. The topological polar surface area (TPSA) is 32.7 Å². The molecular formula is C14H18F11NO2. The van der Waals surface area contributed by atoms with E-state index in [9.17, 15) is 53.4 Å². The Labute approximate surface area is 152 Å². The summed E-state index contributed by atoms with van der Waals surface area (Å²) in [5.74, 6) is -10.4. The van der Waals surface area contributed by atoms with E-state index in [0.29, 0.717) is 0 Å². The van der Waals surface area contributed by atoms with Gasteiger partial charge in [0, 0.05) is 38.9 Å². The third-order valence-electron chi connectivity index (χ3n) is 4.20. The van der Waals surface area contributed by atoms with Gasteiger partial charge in [0.2, 0.25) is 0 Å². The molecule has 0 amide bonds. The normalized spacial score (nSPS) is 19.7. The fraction of sp³-hybridized carbons (Fsp3) is 1.00. The number of ether oxygens (including phenoxy) is 1. The zero-order valence-electron chi connectivity index (χ0n) is 14.2. The van der Waals surface area contributed by atoms with Crippen LogP contribution >= 0.6 is 0 Å². The van der Waals surface area contributed by atoms with Crippen LogP contribution in [-0.4, -0.2) is 78.8 Å². The molecule has 0 aromatic heterocycles. The Bertz CT molecular complexity index is 486. The van der Waals surface area contributed by atoms with Crippen molar-refractivity contribution in [2.45, 2.75) is 55.2 Å². The van der Waals surface area contributed by atoms with Gasteiger partial charge in [0.25, 0.3) is 11.8 Å². The highest BCUT2D eigenvalue weighted by Crippen LogP contribution is 2.56. The Hall–Kier alpha value is -0.890. The number of alkyl halides is 11. The maximum atomic E-state index is 13.7. The number of halogens is 11. The van der Waals surface area contributed by atoms with E-state index in [1.165, 1.54) is 4.90 Å². The lowest BCUT2D eigenvalue weighted by molar-refractivity contribution is -0.398. The van der Waals surface area contributed by atoms with Gasteiger partial charge in [-0.1, -0.05) is 0 Å². The van der Waals surface area contributed by atoms with Gasteiger partial charge in [-0.25, -0.2) is 22.0 Å². The van der Waals surface area contributed by atoms with Crippen molar-refractivity contribution in [3.8, 4) is 0 Å². The van der Waals surface area contributed by atoms with E-state index in [4.69, 9.17) is 4.74 Å². The highest BCUT2D eigenvalue weighted by atomic mass is 19.4. The second-order valence-electron chi connectivity index (χ2n) is 6.49. The lowest BCUT2D eigenvalue weighted by Gasteiger charge is -2.36. The van der Waals surface area contributed by atoms with Crippen molar-refractivity contribution in [3.63, 3.8) is 0 Å². The van der Waals surface area contributed by atoms with E-state index >= 15 is 0 Å². The van der Waals surface area contributed by atoms with Gasteiger partial charge in [-0.3, -0.25) is 4.90 Å². The number of morpholine rings is 1. The molecule has 3 nitrogen and oxygen atoms in total. The van der Waals surface area contributed by atoms with Crippen molar-refractivity contribution in [3.05, 3.63) is 0 Å². The van der Waals surface area contributed by atoms with Gasteiger partial charge >= 0.3 is 18.0 Å². The van der Waals surface area contributed by atoms with E-state index < -0.39 is 55.2 Å². The minimum absolute atomic E-state index is 0.253. The van der Waals surface area contributed by atoms with Crippen LogP contribution in [0.15, 0.2) is 0 Å². The van der Waals surface area contributed by atoms with Crippen LogP contribution in [0.1, 0.15) is 19.3 Å². The molecule has 1 N–H and O–H groups in total. The first kappa shape index (κ1) is 25.1. The van der Waals surface area contributed by atoms with Crippen molar-refractivity contribution in [2.24, 2.45) is 0 Å². The molecule has 1 aliphatic rings. The van der Waals surface area contributed by atoms with E-state index in [1.54, 1.807) is 0 Å². The zero-order valence-corrected chi connectivity index (χ0v) is 14.2. The van der Waals surface area contributed by atoms with E-state index in [0.717, 1.165) is 0 Å². The first-order chi connectivity index (χ1) is 12.4. The number of aliphatic hydroxyl groups is 1. The third kappa shape index (κ3) is 5.81. The molecule has 1 aliphatic heterocycles. The van der Waals surface area contributed by atoms with E-state index in [2.05, 4.69) is 0 Å². The number of β-amino-alcohol motifs (C(OH)–C–C–N with tert-alkyl or cyclic N) is 1. The molecule has 0 bridgehead atoms. The Morgan fingerprint density at radius 2 is 1.25 bits per heavy atom. The lowest BCUT2D eigenvalue weighted by Crippen LogP contribution is -2.64. The van der Waals surface area contributed by atoms with Gasteiger partial charge < -0.3 is 9.84 Å². The molecule has 0 spiro atoms. The summed E-state index contributed by atoms with van der Waals surface area (Å²) >= 11 is 0. The van der Waals surface area contributed by atoms with Crippen LogP contribution in [0.25, 0.3) is 0 Å². The van der Waals surface area contributed by atoms with Crippen LogP contribution in [0.2, 0.25) is 0 Å². The summed E-state index contributed by atoms with van der Waals surface area (Å²) in [4.78, 5) is 1.50. The summed E-state index contributed by atoms with van der Waals surface area (Å²) in [6.45, 7) is 0.740. The average Bonchev–Trinajstić information content (AvgIpc) is 2.50. The third-order valence-corrected chi connectivity index (χ3v) is 4.20. The van der Waals surface area contributed by atoms with Crippen LogP contribution in [0.4, 0.5) is 48.3 Å². The van der Waals surface area contributed by atoms with Gasteiger partial charge in [-0.05, 0) is 0 Å². The average molecular weight is 441 g/mol. The molecule has 0 aromatic carbocycles. The van der Waals surface area contributed by atoms with Crippen LogP contribution < -0.4 is 0 Å². The molecule has 28 heavy (non-hydrogen) atoms. The molecule has 1 atom stereocenters. The second kappa shape index (κ2) is 8.46. The number of aliphatic hydroxyl groups excluding tert-OH is 1. The van der Waals surface area contributed by atoms with Crippen LogP contribution in [0, 0.1) is 0 Å². The van der Waals surface area contributed by atoms with E-state index in [1.807, 2.05) is 0 Å². The Morgan fingerprint density at radius 3 is 1.68 bits per heavy atom. The maximum Gasteiger partial charge on any atom is 0.437 e. The highest BCUT2D eigenvalue weighted by Gasteiger charge is 2.83. The number of hydrogen-bond acceptors (Lipinski definition) is 3. The smallest absolute Gasteiger partial charge is 0.392 e. The fourth-order valence-electron chi connectivity index (χ4n) is 2.68. The van der Waals surface area contributed by atoms with Crippen molar-refractivity contribution < 1.29 is 58.1 Å². The monoisotopic (exact) mass is 441 g/mol. The summed E-state index contributed by atoms with van der Waals surface area (Å²) in [6, 6.07) is 0. The first-order valence-electron chi connectivity index (χ1n) is 7.99. The van der Waals surface area contributed by atoms with Gasteiger partial charge in [0.05, 0.1) is 19.3 Å². The number of hydrogen-bond donors (Lipinski definition) is 1. The van der Waals surface area contributed by atoms with Crippen LogP contribution in [0.3, 0.4) is 0 Å². The van der Waals surface area contributed by atoms with Crippen LogP contribution in [-0.2, 0) is 4.74 Å². The molecular weight excluding hydrogens is 423 g/mol. The minimum Gasteiger partial charge on any atom is -0.392 e. The molecule has 0 saturated carbocycles. The predicted molar refractivity (Wildman–Crippen MR) is 73.0 cm³/mol. The summed E-state index contributed by atoms with van der Waals surface area (Å²) in [5.41, 5.74) is -6.98. The lowest BCUT2D eigenvalue weighted by atomic mass is 9.90. The second-order valence-corrected chi connectivity index (χ2v) is 6.49. The Morgan fingerprint density at radius 1 is 0.786 bits per heavy atom. The fourth-order valence-corrected chi connectivity index (χ4v) is 2.68. The summed E-state index contributed by atoms with van der Waals surface area (Å²) < 4.78 is 147. The molecule has 1 unspecified atom stereocenters. The zero-order chi connectivity index (χ0) is 22.0. The number of nitrogens with zero attached hydrogens (tertiary/aromatic N) is 1. The summed E-state index contributed by atoms with van der Waals surface area (Å²) in [5, 5.41) is 9.60. The quantitative estimate of drug-likeness (QED) is 0.580. The van der Waals surface area contributed by atoms with Gasteiger partial charge in [0.1, 0.15) is 0 Å². The maximum absolute atomic E-state index is 13.7. The molecule has 168 valence electrons. The summed E-state index contributed by atoms with van der Waals surface area (Å²) in [7, 11) is 0. The molecule has 1 fully saturated rings. The van der Waals surface area contributed by atoms with Crippen molar-refractivity contribution >= 4 is 0 Å². The van der Waals surface area contributed by atoms with E-state index in [-0.39, 0.29) is 32.8 Å². The summed E-state index contributed by atoms with van der Waals surface area (Å²) in [6.07, 6.45) is -22.3. The van der Waals surface area contributed by atoms with Crippen molar-refractivity contribution in [2.75, 3.05) is 32.8 Å². The largest absolute Gasteiger partial charge is 0.437 e.